The average molecular weight is 437 g/mol. The van der Waals surface area contributed by atoms with Crippen molar-refractivity contribution in [3.05, 3.63) is 24.3 Å². The minimum Gasteiger partial charge on any atom is -0.497 e. The van der Waals surface area contributed by atoms with E-state index in [9.17, 15) is 0 Å². The summed E-state index contributed by atoms with van der Waals surface area (Å²) in [5.41, 5.74) is 0. The van der Waals surface area contributed by atoms with E-state index in [0.717, 1.165) is 24.0 Å². The van der Waals surface area contributed by atoms with E-state index in [2.05, 4.69) is 15.6 Å². The molecule has 7 heteroatoms. The van der Waals surface area contributed by atoms with Gasteiger partial charge in [-0.3, -0.25) is 0 Å². The highest BCUT2D eigenvalue weighted by atomic mass is 127. The fraction of sp³-hybridized carbons (Fsp3) is 0.562. The van der Waals surface area contributed by atoms with Gasteiger partial charge in [-0.15, -0.1) is 24.0 Å². The van der Waals surface area contributed by atoms with Crippen LogP contribution < -0.4 is 20.1 Å². The van der Waals surface area contributed by atoms with E-state index in [1.807, 2.05) is 38.1 Å². The van der Waals surface area contributed by atoms with Gasteiger partial charge in [0.25, 0.3) is 0 Å². The van der Waals surface area contributed by atoms with E-state index in [1.165, 1.54) is 0 Å². The zero-order valence-corrected chi connectivity index (χ0v) is 16.6. The molecule has 6 nitrogen and oxygen atoms in total. The SMILES string of the molecule is CCNC(=NCCOc1cccc(OC)c1)NC(C)COC.I. The second-order valence-corrected chi connectivity index (χ2v) is 4.79. The highest BCUT2D eigenvalue weighted by Gasteiger charge is 2.04. The van der Waals surface area contributed by atoms with Crippen molar-refractivity contribution < 1.29 is 14.2 Å². The van der Waals surface area contributed by atoms with Gasteiger partial charge in [-0.25, -0.2) is 4.99 Å². The number of nitrogens with zero attached hydrogens (tertiary/aromatic N) is 1. The van der Waals surface area contributed by atoms with Crippen LogP contribution in [0.1, 0.15) is 13.8 Å². The Bertz CT molecular complexity index is 458. The summed E-state index contributed by atoms with van der Waals surface area (Å²) in [7, 11) is 3.32. The standard InChI is InChI=1S/C16H27N3O3.HI/c1-5-17-16(19-13(2)12-20-3)18-9-10-22-15-8-6-7-14(11-15)21-4;/h6-8,11,13H,5,9-10,12H2,1-4H3,(H2,17,18,19);1H. The van der Waals surface area contributed by atoms with E-state index >= 15 is 0 Å². The molecule has 0 radical (unpaired) electrons. The maximum Gasteiger partial charge on any atom is 0.191 e. The van der Waals surface area contributed by atoms with Crippen LogP contribution in [0.25, 0.3) is 0 Å². The Kier molecular flexibility index (Phi) is 12.5. The van der Waals surface area contributed by atoms with Gasteiger partial charge in [-0.05, 0) is 26.0 Å². The molecule has 1 atom stereocenters. The van der Waals surface area contributed by atoms with E-state index in [-0.39, 0.29) is 30.0 Å². The van der Waals surface area contributed by atoms with Crippen LogP contribution in [-0.4, -0.2) is 52.5 Å². The van der Waals surface area contributed by atoms with Crippen molar-refractivity contribution in [2.75, 3.05) is 40.5 Å². The molecular weight excluding hydrogens is 409 g/mol. The first-order valence-electron chi connectivity index (χ1n) is 7.50. The summed E-state index contributed by atoms with van der Waals surface area (Å²) < 4.78 is 15.9. The lowest BCUT2D eigenvalue weighted by Crippen LogP contribution is -2.44. The molecule has 0 fully saturated rings. The largest absolute Gasteiger partial charge is 0.497 e. The monoisotopic (exact) mass is 437 g/mol. The first-order chi connectivity index (χ1) is 10.7. The molecule has 1 unspecified atom stereocenters. The van der Waals surface area contributed by atoms with Gasteiger partial charge >= 0.3 is 0 Å². The molecule has 0 aliphatic carbocycles. The molecule has 2 N–H and O–H groups in total. The molecule has 0 heterocycles. The molecule has 1 aromatic carbocycles. The van der Waals surface area contributed by atoms with Crippen molar-refractivity contribution in [3.8, 4) is 11.5 Å². The summed E-state index contributed by atoms with van der Waals surface area (Å²) in [4.78, 5) is 4.48. The third-order valence-electron chi connectivity index (χ3n) is 2.82. The molecule has 0 aromatic heterocycles. The fourth-order valence-electron chi connectivity index (χ4n) is 1.86. The quantitative estimate of drug-likeness (QED) is 0.269. The number of benzene rings is 1. The van der Waals surface area contributed by atoms with Gasteiger partial charge in [0.2, 0.25) is 0 Å². The summed E-state index contributed by atoms with van der Waals surface area (Å²) in [6, 6.07) is 7.73. The van der Waals surface area contributed by atoms with Crippen LogP contribution in [0.4, 0.5) is 0 Å². The molecule has 1 rings (SSSR count). The van der Waals surface area contributed by atoms with Crippen LogP contribution >= 0.6 is 24.0 Å². The van der Waals surface area contributed by atoms with Gasteiger partial charge in [-0.2, -0.15) is 0 Å². The number of halogens is 1. The van der Waals surface area contributed by atoms with Crippen LogP contribution in [0.15, 0.2) is 29.3 Å². The third kappa shape index (κ3) is 9.50. The first-order valence-corrected chi connectivity index (χ1v) is 7.50. The molecule has 0 aliphatic rings. The molecule has 132 valence electrons. The second-order valence-electron chi connectivity index (χ2n) is 4.79. The first kappa shape index (κ1) is 21.8. The molecule has 0 aliphatic heterocycles. The van der Waals surface area contributed by atoms with Gasteiger partial charge in [0.15, 0.2) is 5.96 Å². The van der Waals surface area contributed by atoms with Gasteiger partial charge in [0.05, 0.1) is 20.3 Å². The summed E-state index contributed by atoms with van der Waals surface area (Å²) in [6.45, 7) is 6.58. The number of aliphatic imine (C=N–C) groups is 1. The molecule has 1 aromatic rings. The van der Waals surface area contributed by atoms with E-state index in [4.69, 9.17) is 14.2 Å². The van der Waals surface area contributed by atoms with Gasteiger partial charge in [-0.1, -0.05) is 6.07 Å². The van der Waals surface area contributed by atoms with Crippen molar-refractivity contribution in [2.45, 2.75) is 19.9 Å². The van der Waals surface area contributed by atoms with Crippen LogP contribution in [-0.2, 0) is 4.74 Å². The van der Waals surface area contributed by atoms with Crippen molar-refractivity contribution in [1.82, 2.24) is 10.6 Å². The maximum absolute atomic E-state index is 5.66. The highest BCUT2D eigenvalue weighted by Crippen LogP contribution is 2.18. The molecule has 0 saturated carbocycles. The predicted octanol–water partition coefficient (Wildman–Crippen LogP) is 2.28. The summed E-state index contributed by atoms with van der Waals surface area (Å²) in [5.74, 6) is 2.32. The van der Waals surface area contributed by atoms with Crippen LogP contribution in [0.2, 0.25) is 0 Å². The Morgan fingerprint density at radius 3 is 2.65 bits per heavy atom. The average Bonchev–Trinajstić information content (AvgIpc) is 2.52. The fourth-order valence-corrected chi connectivity index (χ4v) is 1.86. The predicted molar refractivity (Wildman–Crippen MR) is 104 cm³/mol. The number of hydrogen-bond donors (Lipinski definition) is 2. The second kappa shape index (κ2) is 13.2. The lowest BCUT2D eigenvalue weighted by atomic mass is 10.3. The molecule has 0 amide bonds. The number of methoxy groups -OCH3 is 2. The topological polar surface area (TPSA) is 64.1 Å². The summed E-state index contributed by atoms with van der Waals surface area (Å²) >= 11 is 0. The Labute approximate surface area is 156 Å². The van der Waals surface area contributed by atoms with Crippen molar-refractivity contribution in [2.24, 2.45) is 4.99 Å². The van der Waals surface area contributed by atoms with Crippen LogP contribution in [0.5, 0.6) is 11.5 Å². The van der Waals surface area contributed by atoms with Crippen molar-refractivity contribution in [3.63, 3.8) is 0 Å². The molecule has 0 saturated heterocycles. The van der Waals surface area contributed by atoms with Crippen LogP contribution in [0, 0.1) is 0 Å². The van der Waals surface area contributed by atoms with Crippen molar-refractivity contribution in [1.29, 1.82) is 0 Å². The number of guanidine groups is 1. The van der Waals surface area contributed by atoms with Gasteiger partial charge in [0.1, 0.15) is 18.1 Å². The number of hydrogen-bond acceptors (Lipinski definition) is 4. The lowest BCUT2D eigenvalue weighted by Gasteiger charge is -2.17. The zero-order valence-electron chi connectivity index (χ0n) is 14.3. The number of nitrogens with one attached hydrogen (secondary N) is 2. The normalized spacial score (nSPS) is 12.1. The molecular formula is C16H28IN3O3. The molecule has 0 spiro atoms. The highest BCUT2D eigenvalue weighted by molar-refractivity contribution is 14.0. The maximum atomic E-state index is 5.66. The minimum atomic E-state index is 0. The van der Waals surface area contributed by atoms with Gasteiger partial charge in [0, 0.05) is 25.8 Å². The number of ether oxygens (including phenoxy) is 3. The minimum absolute atomic E-state index is 0. The van der Waals surface area contributed by atoms with E-state index in [0.29, 0.717) is 19.8 Å². The summed E-state index contributed by atoms with van der Waals surface area (Å²) in [5, 5.41) is 6.47. The lowest BCUT2D eigenvalue weighted by molar-refractivity contribution is 0.179. The number of rotatable bonds is 9. The van der Waals surface area contributed by atoms with E-state index in [1.54, 1.807) is 14.2 Å². The zero-order chi connectivity index (χ0) is 16.2. The molecule has 23 heavy (non-hydrogen) atoms. The Balaban J connectivity index is 0.00000484. The van der Waals surface area contributed by atoms with Crippen molar-refractivity contribution >= 4 is 29.9 Å². The Morgan fingerprint density at radius 2 is 2.00 bits per heavy atom. The smallest absolute Gasteiger partial charge is 0.191 e. The third-order valence-corrected chi connectivity index (χ3v) is 2.82. The van der Waals surface area contributed by atoms with Gasteiger partial charge < -0.3 is 24.8 Å². The van der Waals surface area contributed by atoms with E-state index < -0.39 is 0 Å². The Hall–Kier alpha value is -1.22. The van der Waals surface area contributed by atoms with Crippen LogP contribution in [0.3, 0.4) is 0 Å². The summed E-state index contributed by atoms with van der Waals surface area (Å²) in [6.07, 6.45) is 0. The molecule has 0 bridgehead atoms. The Morgan fingerprint density at radius 1 is 1.26 bits per heavy atom.